The third-order valence-electron chi connectivity index (χ3n) is 2.53. The Morgan fingerprint density at radius 1 is 1.18 bits per heavy atom. The van der Waals surface area contributed by atoms with Gasteiger partial charge in [0.05, 0.1) is 0 Å². The molecule has 0 saturated heterocycles. The molecule has 0 radical (unpaired) electrons. The molecule has 4 heteroatoms. The van der Waals surface area contributed by atoms with Crippen molar-refractivity contribution in [1.82, 2.24) is 0 Å². The molecule has 1 unspecified atom stereocenters. The van der Waals surface area contributed by atoms with E-state index in [4.69, 9.17) is 5.11 Å². The van der Waals surface area contributed by atoms with Crippen LogP contribution < -0.4 is 5.32 Å². The molecule has 2 aromatic rings. The number of hydrogen-bond donors (Lipinski definition) is 2. The van der Waals surface area contributed by atoms with Crippen LogP contribution in [0.5, 0.6) is 0 Å². The average Bonchev–Trinajstić information content (AvgIpc) is 2.29. The number of fused-ring (bicyclic) bond motifs is 1. The molecule has 90 valence electrons. The maximum absolute atomic E-state index is 10.8. The van der Waals surface area contributed by atoms with E-state index in [-0.39, 0.29) is 12.4 Å². The second-order valence-corrected chi connectivity index (χ2v) is 3.73. The van der Waals surface area contributed by atoms with Gasteiger partial charge in [0.2, 0.25) is 0 Å². The summed E-state index contributed by atoms with van der Waals surface area (Å²) in [6.07, 6.45) is 0. The highest BCUT2D eigenvalue weighted by atomic mass is 35.5. The van der Waals surface area contributed by atoms with Crippen LogP contribution in [0.1, 0.15) is 6.92 Å². The van der Waals surface area contributed by atoms with Gasteiger partial charge in [0.1, 0.15) is 6.04 Å². The van der Waals surface area contributed by atoms with Crippen LogP contribution in [-0.2, 0) is 4.79 Å². The van der Waals surface area contributed by atoms with E-state index in [0.717, 1.165) is 16.5 Å². The summed E-state index contributed by atoms with van der Waals surface area (Å²) in [7, 11) is 0. The van der Waals surface area contributed by atoms with Crippen molar-refractivity contribution < 1.29 is 9.90 Å². The van der Waals surface area contributed by atoms with Crippen LogP contribution in [0.25, 0.3) is 10.8 Å². The van der Waals surface area contributed by atoms with E-state index >= 15 is 0 Å². The summed E-state index contributed by atoms with van der Waals surface area (Å²) in [4.78, 5) is 10.8. The molecule has 0 aromatic heterocycles. The SMILES string of the molecule is CC(Nc1cccc2ccccc12)C(=O)O.Cl. The van der Waals surface area contributed by atoms with Gasteiger partial charge in [0, 0.05) is 11.1 Å². The number of anilines is 1. The van der Waals surface area contributed by atoms with Gasteiger partial charge >= 0.3 is 5.97 Å². The lowest BCUT2D eigenvalue weighted by Gasteiger charge is -2.12. The van der Waals surface area contributed by atoms with Gasteiger partial charge in [-0.1, -0.05) is 36.4 Å². The number of aliphatic carboxylic acids is 1. The van der Waals surface area contributed by atoms with Crippen molar-refractivity contribution in [1.29, 1.82) is 0 Å². The van der Waals surface area contributed by atoms with Crippen LogP contribution in [0.3, 0.4) is 0 Å². The molecule has 2 rings (SSSR count). The zero-order valence-electron chi connectivity index (χ0n) is 9.38. The minimum Gasteiger partial charge on any atom is -0.480 e. The van der Waals surface area contributed by atoms with Crippen molar-refractivity contribution in [3.8, 4) is 0 Å². The molecule has 0 fully saturated rings. The van der Waals surface area contributed by atoms with Crippen LogP contribution in [0, 0.1) is 0 Å². The van der Waals surface area contributed by atoms with Crippen molar-refractivity contribution in [3.63, 3.8) is 0 Å². The van der Waals surface area contributed by atoms with Crippen LogP contribution in [0.4, 0.5) is 5.69 Å². The maximum atomic E-state index is 10.8. The first-order valence-corrected chi connectivity index (χ1v) is 5.15. The average molecular weight is 252 g/mol. The second kappa shape index (κ2) is 5.55. The highest BCUT2D eigenvalue weighted by Gasteiger charge is 2.11. The molecule has 2 N–H and O–H groups in total. The first kappa shape index (κ1) is 13.3. The van der Waals surface area contributed by atoms with E-state index < -0.39 is 12.0 Å². The minimum absolute atomic E-state index is 0. The molecule has 0 aliphatic carbocycles. The summed E-state index contributed by atoms with van der Waals surface area (Å²) < 4.78 is 0. The smallest absolute Gasteiger partial charge is 0.325 e. The lowest BCUT2D eigenvalue weighted by Crippen LogP contribution is -2.25. The normalized spacial score (nSPS) is 11.6. The Morgan fingerprint density at radius 3 is 2.53 bits per heavy atom. The summed E-state index contributed by atoms with van der Waals surface area (Å²) in [5.41, 5.74) is 0.855. The zero-order chi connectivity index (χ0) is 11.5. The number of benzene rings is 2. The van der Waals surface area contributed by atoms with Gasteiger partial charge in [-0.25, -0.2) is 0 Å². The van der Waals surface area contributed by atoms with Crippen molar-refractivity contribution in [2.24, 2.45) is 0 Å². The van der Waals surface area contributed by atoms with Gasteiger partial charge in [-0.15, -0.1) is 12.4 Å². The highest BCUT2D eigenvalue weighted by Crippen LogP contribution is 2.23. The van der Waals surface area contributed by atoms with Gasteiger partial charge in [0.15, 0.2) is 0 Å². The number of rotatable bonds is 3. The fourth-order valence-electron chi connectivity index (χ4n) is 1.65. The van der Waals surface area contributed by atoms with Crippen molar-refractivity contribution in [2.45, 2.75) is 13.0 Å². The number of hydrogen-bond acceptors (Lipinski definition) is 2. The molecule has 0 amide bonds. The van der Waals surface area contributed by atoms with E-state index in [1.165, 1.54) is 0 Å². The molecule has 0 saturated carbocycles. The summed E-state index contributed by atoms with van der Waals surface area (Å²) in [5, 5.41) is 14.0. The molecule has 17 heavy (non-hydrogen) atoms. The monoisotopic (exact) mass is 251 g/mol. The fourth-order valence-corrected chi connectivity index (χ4v) is 1.65. The van der Waals surface area contributed by atoms with Gasteiger partial charge < -0.3 is 10.4 Å². The van der Waals surface area contributed by atoms with E-state index in [1.807, 2.05) is 42.5 Å². The number of halogens is 1. The Hall–Kier alpha value is -1.74. The summed E-state index contributed by atoms with van der Waals surface area (Å²) >= 11 is 0. The number of carboxylic acid groups (broad SMARTS) is 1. The van der Waals surface area contributed by atoms with E-state index in [0.29, 0.717) is 0 Å². The molecule has 2 aromatic carbocycles. The Labute approximate surface area is 106 Å². The lowest BCUT2D eigenvalue weighted by atomic mass is 10.1. The Kier molecular flexibility index (Phi) is 4.35. The lowest BCUT2D eigenvalue weighted by molar-refractivity contribution is -0.137. The third-order valence-corrected chi connectivity index (χ3v) is 2.53. The standard InChI is InChI=1S/C13H13NO2.ClH/c1-9(13(15)16)14-12-8-4-6-10-5-2-3-7-11(10)12;/h2-9,14H,1H3,(H,15,16);1H. The molecule has 0 spiro atoms. The molecule has 0 aliphatic heterocycles. The second-order valence-electron chi connectivity index (χ2n) is 3.73. The predicted octanol–water partition coefficient (Wildman–Crippen LogP) is 3.15. The Morgan fingerprint density at radius 2 is 1.82 bits per heavy atom. The van der Waals surface area contributed by atoms with Crippen molar-refractivity contribution >= 4 is 34.8 Å². The largest absolute Gasteiger partial charge is 0.480 e. The zero-order valence-corrected chi connectivity index (χ0v) is 10.2. The van der Waals surface area contributed by atoms with Gasteiger partial charge in [-0.2, -0.15) is 0 Å². The van der Waals surface area contributed by atoms with Crippen molar-refractivity contribution in [2.75, 3.05) is 5.32 Å². The van der Waals surface area contributed by atoms with Crippen LogP contribution >= 0.6 is 12.4 Å². The summed E-state index contributed by atoms with van der Waals surface area (Å²) in [6, 6.07) is 13.1. The van der Waals surface area contributed by atoms with E-state index in [2.05, 4.69) is 5.32 Å². The van der Waals surface area contributed by atoms with E-state index in [1.54, 1.807) is 6.92 Å². The Bertz CT molecular complexity index is 522. The quantitative estimate of drug-likeness (QED) is 0.881. The summed E-state index contributed by atoms with van der Waals surface area (Å²) in [6.45, 7) is 1.63. The number of carboxylic acids is 1. The molecule has 0 aliphatic rings. The van der Waals surface area contributed by atoms with Crippen LogP contribution in [-0.4, -0.2) is 17.1 Å². The van der Waals surface area contributed by atoms with Crippen molar-refractivity contribution in [3.05, 3.63) is 42.5 Å². The molecule has 0 heterocycles. The molecule has 1 atom stereocenters. The number of nitrogens with one attached hydrogen (secondary N) is 1. The Balaban J connectivity index is 0.00000144. The molecule has 3 nitrogen and oxygen atoms in total. The molecular formula is C13H14ClNO2. The fraction of sp³-hybridized carbons (Fsp3) is 0.154. The van der Waals surface area contributed by atoms with Crippen LogP contribution in [0.2, 0.25) is 0 Å². The summed E-state index contributed by atoms with van der Waals surface area (Å²) in [5.74, 6) is -0.854. The van der Waals surface area contributed by atoms with E-state index in [9.17, 15) is 4.79 Å². The first-order valence-electron chi connectivity index (χ1n) is 5.15. The first-order chi connectivity index (χ1) is 7.68. The van der Waals surface area contributed by atoms with Gasteiger partial charge in [-0.3, -0.25) is 4.79 Å². The molecular weight excluding hydrogens is 238 g/mol. The highest BCUT2D eigenvalue weighted by molar-refractivity contribution is 5.95. The predicted molar refractivity (Wildman–Crippen MR) is 71.9 cm³/mol. The van der Waals surface area contributed by atoms with Crippen LogP contribution in [0.15, 0.2) is 42.5 Å². The minimum atomic E-state index is -0.854. The topological polar surface area (TPSA) is 49.3 Å². The van der Waals surface area contributed by atoms with Gasteiger partial charge in [-0.05, 0) is 18.4 Å². The van der Waals surface area contributed by atoms with Gasteiger partial charge in [0.25, 0.3) is 0 Å². The third kappa shape index (κ3) is 2.88. The maximum Gasteiger partial charge on any atom is 0.325 e. The molecule has 0 bridgehead atoms. The number of carbonyl (C=O) groups is 1.